The molecule has 18 heavy (non-hydrogen) atoms. The molecule has 0 radical (unpaired) electrons. The molecular formula is C14H17ClN2O. The molecule has 2 atom stereocenters. The van der Waals surface area contributed by atoms with Crippen LogP contribution in [0.5, 0.6) is 0 Å². The first-order chi connectivity index (χ1) is 8.63. The minimum Gasteiger partial charge on any atom is -0.337 e. The van der Waals surface area contributed by atoms with Crippen LogP contribution < -0.4 is 0 Å². The Hall–Kier alpha value is -1.06. The van der Waals surface area contributed by atoms with Gasteiger partial charge < -0.3 is 4.90 Å². The highest BCUT2D eigenvalue weighted by molar-refractivity contribution is 6.30. The van der Waals surface area contributed by atoms with Gasteiger partial charge in [0.25, 0.3) is 0 Å². The fraction of sp³-hybridized carbons (Fsp3) is 0.500. The van der Waals surface area contributed by atoms with E-state index in [1.165, 1.54) is 5.56 Å². The Labute approximate surface area is 112 Å². The van der Waals surface area contributed by atoms with Crippen LogP contribution >= 0.6 is 11.6 Å². The van der Waals surface area contributed by atoms with E-state index in [-0.39, 0.29) is 5.91 Å². The average Bonchev–Trinajstić information content (AvgIpc) is 2.88. The Bertz CT molecular complexity index is 477. The van der Waals surface area contributed by atoms with Crippen LogP contribution in [0, 0.1) is 0 Å². The summed E-state index contributed by atoms with van der Waals surface area (Å²) in [6.07, 6.45) is 1.13. The van der Waals surface area contributed by atoms with Gasteiger partial charge in [-0.15, -0.1) is 0 Å². The third-order valence-electron chi connectivity index (χ3n) is 4.03. The third kappa shape index (κ3) is 2.13. The second-order valence-electron chi connectivity index (χ2n) is 5.27. The van der Waals surface area contributed by atoms with E-state index in [1.54, 1.807) is 6.92 Å². The summed E-state index contributed by atoms with van der Waals surface area (Å²) in [6, 6.07) is 8.98. The molecule has 2 saturated heterocycles. The first-order valence-corrected chi connectivity index (χ1v) is 6.77. The van der Waals surface area contributed by atoms with Crippen LogP contribution in [0.3, 0.4) is 0 Å². The molecule has 0 spiro atoms. The summed E-state index contributed by atoms with van der Waals surface area (Å²) >= 11 is 6.00. The number of rotatable bonds is 2. The van der Waals surface area contributed by atoms with Gasteiger partial charge in [-0.05, 0) is 24.1 Å². The van der Waals surface area contributed by atoms with E-state index in [9.17, 15) is 4.79 Å². The quantitative estimate of drug-likeness (QED) is 0.817. The van der Waals surface area contributed by atoms with E-state index in [0.717, 1.165) is 31.1 Å². The fourth-order valence-corrected chi connectivity index (χ4v) is 3.41. The predicted octanol–water partition coefficient (Wildman–Crippen LogP) is 2.14. The van der Waals surface area contributed by atoms with Crippen LogP contribution in [-0.4, -0.2) is 40.9 Å². The molecular weight excluding hydrogens is 248 g/mol. The lowest BCUT2D eigenvalue weighted by molar-refractivity contribution is -0.131. The molecule has 0 aliphatic carbocycles. The molecule has 3 nitrogen and oxygen atoms in total. The van der Waals surface area contributed by atoms with E-state index in [4.69, 9.17) is 11.6 Å². The van der Waals surface area contributed by atoms with Crippen LogP contribution in [0.2, 0.25) is 5.02 Å². The van der Waals surface area contributed by atoms with Gasteiger partial charge in [0.05, 0.1) is 0 Å². The van der Waals surface area contributed by atoms with Gasteiger partial charge in [0.2, 0.25) is 5.91 Å². The van der Waals surface area contributed by atoms with Crippen molar-refractivity contribution in [3.63, 3.8) is 0 Å². The zero-order valence-corrected chi connectivity index (χ0v) is 11.2. The highest BCUT2D eigenvalue weighted by Crippen LogP contribution is 2.31. The molecule has 1 aromatic rings. The van der Waals surface area contributed by atoms with Gasteiger partial charge >= 0.3 is 0 Å². The predicted molar refractivity (Wildman–Crippen MR) is 71.4 cm³/mol. The maximum absolute atomic E-state index is 11.4. The van der Waals surface area contributed by atoms with Gasteiger partial charge in [0.15, 0.2) is 0 Å². The van der Waals surface area contributed by atoms with E-state index < -0.39 is 0 Å². The summed E-state index contributed by atoms with van der Waals surface area (Å²) in [5.41, 5.74) is 1.25. The molecule has 0 aromatic heterocycles. The second-order valence-corrected chi connectivity index (χ2v) is 5.71. The van der Waals surface area contributed by atoms with Gasteiger partial charge in [-0.1, -0.05) is 23.7 Å². The number of benzene rings is 1. The normalized spacial score (nSPS) is 26.9. The molecule has 0 N–H and O–H groups in total. The number of piperazine rings is 1. The van der Waals surface area contributed by atoms with E-state index in [0.29, 0.717) is 12.1 Å². The van der Waals surface area contributed by atoms with Gasteiger partial charge in [0.1, 0.15) is 0 Å². The Morgan fingerprint density at radius 3 is 2.83 bits per heavy atom. The summed E-state index contributed by atoms with van der Waals surface area (Å²) < 4.78 is 0. The molecule has 2 bridgehead atoms. The van der Waals surface area contributed by atoms with Crippen molar-refractivity contribution < 1.29 is 4.79 Å². The maximum atomic E-state index is 11.4. The van der Waals surface area contributed by atoms with Gasteiger partial charge in [-0.3, -0.25) is 9.69 Å². The van der Waals surface area contributed by atoms with Crippen LogP contribution in [0.4, 0.5) is 0 Å². The number of carbonyl (C=O) groups is 1. The van der Waals surface area contributed by atoms with Crippen molar-refractivity contribution in [3.8, 4) is 0 Å². The molecule has 96 valence electrons. The lowest BCUT2D eigenvalue weighted by Crippen LogP contribution is -2.47. The number of fused-ring (bicyclic) bond motifs is 2. The zero-order chi connectivity index (χ0) is 12.7. The number of nitrogens with zero attached hydrogens (tertiary/aromatic N) is 2. The zero-order valence-electron chi connectivity index (χ0n) is 10.5. The standard InChI is InChI=1S/C14H17ClN2O/c1-10(18)17-9-13-6-14(17)8-16(13)7-11-3-2-4-12(15)5-11/h2-5,13-14H,6-9H2,1H3/t13-,14-/m0/s1. The molecule has 0 saturated carbocycles. The summed E-state index contributed by atoms with van der Waals surface area (Å²) in [7, 11) is 0. The van der Waals surface area contributed by atoms with E-state index in [2.05, 4.69) is 11.0 Å². The van der Waals surface area contributed by atoms with Gasteiger partial charge in [-0.2, -0.15) is 0 Å². The Kier molecular flexibility index (Phi) is 3.04. The van der Waals surface area contributed by atoms with E-state index in [1.807, 2.05) is 23.1 Å². The maximum Gasteiger partial charge on any atom is 0.219 e. The molecule has 1 aromatic carbocycles. The SMILES string of the molecule is CC(=O)N1C[C@@H]2C[C@H]1CN2Cc1cccc(Cl)c1. The monoisotopic (exact) mass is 264 g/mol. The summed E-state index contributed by atoms with van der Waals surface area (Å²) in [4.78, 5) is 15.9. The van der Waals surface area contributed by atoms with E-state index >= 15 is 0 Å². The molecule has 3 rings (SSSR count). The number of hydrogen-bond acceptors (Lipinski definition) is 2. The third-order valence-corrected chi connectivity index (χ3v) is 4.27. The number of hydrogen-bond donors (Lipinski definition) is 0. The van der Waals surface area contributed by atoms with Crippen molar-refractivity contribution in [2.75, 3.05) is 13.1 Å². The fourth-order valence-electron chi connectivity index (χ4n) is 3.20. The minimum atomic E-state index is 0.213. The smallest absolute Gasteiger partial charge is 0.219 e. The Balaban J connectivity index is 1.66. The molecule has 2 aliphatic rings. The lowest BCUT2D eigenvalue weighted by Gasteiger charge is -2.33. The number of carbonyl (C=O) groups excluding carboxylic acids is 1. The van der Waals surface area contributed by atoms with Crippen molar-refractivity contribution in [1.29, 1.82) is 0 Å². The number of amides is 1. The van der Waals surface area contributed by atoms with Crippen molar-refractivity contribution in [2.45, 2.75) is 32.0 Å². The van der Waals surface area contributed by atoms with Crippen LogP contribution in [0.1, 0.15) is 18.9 Å². The Morgan fingerprint density at radius 1 is 1.39 bits per heavy atom. The first kappa shape index (κ1) is 12.0. The van der Waals surface area contributed by atoms with Crippen LogP contribution in [-0.2, 0) is 11.3 Å². The van der Waals surface area contributed by atoms with Crippen LogP contribution in [0.15, 0.2) is 24.3 Å². The van der Waals surface area contributed by atoms with Crippen molar-refractivity contribution >= 4 is 17.5 Å². The largest absolute Gasteiger partial charge is 0.337 e. The second kappa shape index (κ2) is 4.56. The number of likely N-dealkylation sites (tertiary alicyclic amines) is 2. The summed E-state index contributed by atoms with van der Waals surface area (Å²) in [5, 5.41) is 0.794. The molecule has 2 fully saturated rings. The highest BCUT2D eigenvalue weighted by atomic mass is 35.5. The Morgan fingerprint density at radius 2 is 2.22 bits per heavy atom. The van der Waals surface area contributed by atoms with Gasteiger partial charge in [-0.25, -0.2) is 0 Å². The van der Waals surface area contributed by atoms with Gasteiger partial charge in [0, 0.05) is 43.7 Å². The number of halogens is 1. The molecule has 2 heterocycles. The average molecular weight is 265 g/mol. The topological polar surface area (TPSA) is 23.6 Å². The van der Waals surface area contributed by atoms with Crippen molar-refractivity contribution in [2.24, 2.45) is 0 Å². The van der Waals surface area contributed by atoms with Crippen molar-refractivity contribution in [1.82, 2.24) is 9.80 Å². The highest BCUT2D eigenvalue weighted by Gasteiger charge is 2.43. The van der Waals surface area contributed by atoms with Crippen molar-refractivity contribution in [3.05, 3.63) is 34.9 Å². The molecule has 4 heteroatoms. The minimum absolute atomic E-state index is 0.213. The summed E-state index contributed by atoms with van der Waals surface area (Å²) in [6.45, 7) is 4.49. The van der Waals surface area contributed by atoms with Crippen LogP contribution in [0.25, 0.3) is 0 Å². The lowest BCUT2D eigenvalue weighted by atomic mass is 10.2. The summed E-state index contributed by atoms with van der Waals surface area (Å²) in [5.74, 6) is 0.213. The first-order valence-electron chi connectivity index (χ1n) is 6.39. The molecule has 1 amide bonds. The molecule has 2 aliphatic heterocycles. The molecule has 0 unspecified atom stereocenters.